The summed E-state index contributed by atoms with van der Waals surface area (Å²) in [5.74, 6) is -3.28. The number of nitrogens with one attached hydrogen (secondary N) is 1. The summed E-state index contributed by atoms with van der Waals surface area (Å²) in [7, 11) is 0. The van der Waals surface area contributed by atoms with E-state index in [0.717, 1.165) is 6.20 Å². The third-order valence-corrected chi connectivity index (χ3v) is 0.932. The number of carboxylic acids is 1. The van der Waals surface area contributed by atoms with Crippen molar-refractivity contribution in [3.8, 4) is 0 Å². The number of carbonyl (C=O) groups is 2. The van der Waals surface area contributed by atoms with Gasteiger partial charge in [0, 0.05) is 24.6 Å². The number of hydrogen-bond donors (Lipinski definition) is 2. The first-order valence-electron chi connectivity index (χ1n) is 3.27. The van der Waals surface area contributed by atoms with Gasteiger partial charge in [0.1, 0.15) is 0 Å². The number of aliphatic carboxylic acids is 1. The molecule has 7 heteroatoms. The minimum absolute atomic E-state index is 0.256. The zero-order valence-corrected chi connectivity index (χ0v) is 6.71. The second kappa shape index (κ2) is 5.05. The normalized spacial score (nSPS) is 12.2. The number of ketones is 1. The van der Waals surface area contributed by atoms with Crippen LogP contribution in [0.25, 0.3) is 0 Å². The monoisotopic (exact) mass is 209 g/mol. The zero-order chi connectivity index (χ0) is 11.2. The fourth-order valence-corrected chi connectivity index (χ4v) is 0.393. The number of hydrogen-bond acceptors (Lipinski definition) is 3. The fourth-order valence-electron chi connectivity index (χ4n) is 0.393. The van der Waals surface area contributed by atoms with Crippen molar-refractivity contribution in [3.05, 3.63) is 24.6 Å². The van der Waals surface area contributed by atoms with E-state index in [2.05, 4.69) is 5.32 Å². The molecule has 4 nitrogen and oxygen atoms in total. The van der Waals surface area contributed by atoms with Crippen molar-refractivity contribution in [2.45, 2.75) is 6.18 Å². The summed E-state index contributed by atoms with van der Waals surface area (Å²) in [5, 5.41) is 10.1. The number of carboxylic acid groups (broad SMARTS) is 1. The predicted octanol–water partition coefficient (Wildman–Crippen LogP) is 0.819. The maximum atomic E-state index is 11.5. The molecule has 0 aliphatic heterocycles. The Kier molecular flexibility index (Phi) is 4.41. The number of rotatable bonds is 4. The Morgan fingerprint density at radius 1 is 1.14 bits per heavy atom. The van der Waals surface area contributed by atoms with Crippen molar-refractivity contribution in [2.75, 3.05) is 0 Å². The van der Waals surface area contributed by atoms with Gasteiger partial charge in [-0.05, 0) is 0 Å². The highest BCUT2D eigenvalue weighted by molar-refractivity contribution is 5.94. The molecular formula is C7H6F3NO3. The highest BCUT2D eigenvalue weighted by Crippen LogP contribution is 2.15. The Hall–Kier alpha value is -1.79. The highest BCUT2D eigenvalue weighted by Gasteiger charge is 2.35. The third-order valence-electron chi connectivity index (χ3n) is 0.932. The average molecular weight is 209 g/mol. The molecule has 0 bridgehead atoms. The Labute approximate surface area is 76.7 Å². The van der Waals surface area contributed by atoms with E-state index < -0.39 is 17.9 Å². The van der Waals surface area contributed by atoms with Crippen LogP contribution in [0.1, 0.15) is 0 Å². The molecule has 0 saturated heterocycles. The Bertz CT molecular complexity index is 280. The SMILES string of the molecule is O=C(O)C=CNC=CC(=O)C(F)(F)F. The van der Waals surface area contributed by atoms with Gasteiger partial charge in [0.2, 0.25) is 0 Å². The molecule has 0 saturated carbocycles. The average Bonchev–Trinajstić information content (AvgIpc) is 2.01. The third kappa shape index (κ3) is 5.81. The molecule has 2 N–H and O–H groups in total. The van der Waals surface area contributed by atoms with Gasteiger partial charge in [-0.3, -0.25) is 4.79 Å². The van der Waals surface area contributed by atoms with E-state index in [1.54, 1.807) is 0 Å². The van der Waals surface area contributed by atoms with Gasteiger partial charge in [0.15, 0.2) is 0 Å². The summed E-state index contributed by atoms with van der Waals surface area (Å²) in [6, 6.07) is 0. The van der Waals surface area contributed by atoms with Crippen molar-refractivity contribution in [2.24, 2.45) is 0 Å². The lowest BCUT2D eigenvalue weighted by Gasteiger charge is -1.98. The van der Waals surface area contributed by atoms with Gasteiger partial charge in [-0.15, -0.1) is 0 Å². The molecule has 0 amide bonds. The minimum Gasteiger partial charge on any atom is -0.478 e. The molecule has 0 atom stereocenters. The maximum absolute atomic E-state index is 11.5. The molecule has 0 rings (SSSR count). The first kappa shape index (κ1) is 12.2. The van der Waals surface area contributed by atoms with Gasteiger partial charge >= 0.3 is 12.1 Å². The van der Waals surface area contributed by atoms with E-state index in [0.29, 0.717) is 12.3 Å². The minimum atomic E-state index is -4.91. The molecule has 0 aliphatic carbocycles. The molecule has 14 heavy (non-hydrogen) atoms. The van der Waals surface area contributed by atoms with Crippen LogP contribution in [0.4, 0.5) is 13.2 Å². The van der Waals surface area contributed by atoms with Crippen LogP contribution in [0, 0.1) is 0 Å². The summed E-state index contributed by atoms with van der Waals surface area (Å²) in [6.07, 6.45) is -2.42. The largest absolute Gasteiger partial charge is 0.478 e. The number of halogens is 3. The van der Waals surface area contributed by atoms with Crippen LogP contribution < -0.4 is 5.32 Å². The number of alkyl halides is 3. The molecule has 0 spiro atoms. The standard InChI is InChI=1S/C7H6F3NO3/c8-7(9,10)5(12)1-3-11-4-2-6(13)14/h1-4,11H,(H,13,14). The van der Waals surface area contributed by atoms with Gasteiger partial charge in [0.25, 0.3) is 5.78 Å². The first-order chi connectivity index (χ1) is 6.34. The molecule has 0 heterocycles. The van der Waals surface area contributed by atoms with Crippen LogP contribution in [-0.4, -0.2) is 23.0 Å². The van der Waals surface area contributed by atoms with Crippen LogP contribution >= 0.6 is 0 Å². The molecule has 0 aromatic rings. The van der Waals surface area contributed by atoms with Crippen molar-refractivity contribution in [1.82, 2.24) is 5.32 Å². The second-order valence-corrected chi connectivity index (χ2v) is 2.03. The second-order valence-electron chi connectivity index (χ2n) is 2.03. The molecule has 0 aromatic heterocycles. The van der Waals surface area contributed by atoms with E-state index in [1.807, 2.05) is 0 Å². The van der Waals surface area contributed by atoms with Gasteiger partial charge < -0.3 is 10.4 Å². The molecule has 0 aliphatic rings. The molecule has 78 valence electrons. The molecule has 0 fully saturated rings. The highest BCUT2D eigenvalue weighted by atomic mass is 19.4. The Morgan fingerprint density at radius 2 is 1.64 bits per heavy atom. The van der Waals surface area contributed by atoms with Gasteiger partial charge in [-0.25, -0.2) is 4.79 Å². The lowest BCUT2D eigenvalue weighted by molar-refractivity contribution is -0.165. The number of allylic oxidation sites excluding steroid dienone is 1. The van der Waals surface area contributed by atoms with E-state index in [4.69, 9.17) is 5.11 Å². The lowest BCUT2D eigenvalue weighted by Crippen LogP contribution is -2.20. The summed E-state index contributed by atoms with van der Waals surface area (Å²) < 4.78 is 34.6. The summed E-state index contributed by atoms with van der Waals surface area (Å²) in [5.41, 5.74) is 0. The van der Waals surface area contributed by atoms with Crippen LogP contribution in [0.2, 0.25) is 0 Å². The van der Waals surface area contributed by atoms with Crippen LogP contribution in [0.3, 0.4) is 0 Å². The van der Waals surface area contributed by atoms with Gasteiger partial charge in [-0.1, -0.05) is 0 Å². The summed E-state index contributed by atoms with van der Waals surface area (Å²) in [6.45, 7) is 0. The van der Waals surface area contributed by atoms with E-state index in [9.17, 15) is 22.8 Å². The number of carbonyl (C=O) groups excluding carboxylic acids is 1. The predicted molar refractivity (Wildman–Crippen MR) is 40.1 cm³/mol. The van der Waals surface area contributed by atoms with Gasteiger partial charge in [0.05, 0.1) is 0 Å². The van der Waals surface area contributed by atoms with E-state index in [-0.39, 0.29) is 6.08 Å². The molecule has 0 radical (unpaired) electrons. The molecule has 0 aromatic carbocycles. The topological polar surface area (TPSA) is 66.4 Å². The van der Waals surface area contributed by atoms with Crippen molar-refractivity contribution in [1.29, 1.82) is 0 Å². The maximum Gasteiger partial charge on any atom is 0.454 e. The van der Waals surface area contributed by atoms with Crippen LogP contribution in [0.5, 0.6) is 0 Å². The van der Waals surface area contributed by atoms with Crippen LogP contribution in [-0.2, 0) is 9.59 Å². The Balaban J connectivity index is 3.97. The first-order valence-corrected chi connectivity index (χ1v) is 3.27. The zero-order valence-electron chi connectivity index (χ0n) is 6.71. The van der Waals surface area contributed by atoms with Crippen molar-refractivity contribution in [3.63, 3.8) is 0 Å². The van der Waals surface area contributed by atoms with Crippen LogP contribution in [0.15, 0.2) is 24.6 Å². The fraction of sp³-hybridized carbons (Fsp3) is 0.143. The summed E-state index contributed by atoms with van der Waals surface area (Å²) >= 11 is 0. The molecular weight excluding hydrogens is 203 g/mol. The van der Waals surface area contributed by atoms with Crippen molar-refractivity contribution < 1.29 is 27.9 Å². The molecule has 0 unspecified atom stereocenters. The van der Waals surface area contributed by atoms with E-state index >= 15 is 0 Å². The smallest absolute Gasteiger partial charge is 0.454 e. The van der Waals surface area contributed by atoms with E-state index in [1.165, 1.54) is 0 Å². The van der Waals surface area contributed by atoms with Crippen molar-refractivity contribution >= 4 is 11.8 Å². The lowest BCUT2D eigenvalue weighted by atomic mass is 10.4. The summed E-state index contributed by atoms with van der Waals surface area (Å²) in [4.78, 5) is 20.0. The van der Waals surface area contributed by atoms with Gasteiger partial charge in [-0.2, -0.15) is 13.2 Å². The Morgan fingerprint density at radius 3 is 2.07 bits per heavy atom. The quantitative estimate of drug-likeness (QED) is 0.672.